The summed E-state index contributed by atoms with van der Waals surface area (Å²) in [7, 11) is 1.57. The van der Waals surface area contributed by atoms with E-state index in [0.717, 1.165) is 5.52 Å². The fourth-order valence-corrected chi connectivity index (χ4v) is 2.54. The van der Waals surface area contributed by atoms with Gasteiger partial charge in [0.1, 0.15) is 29.7 Å². The number of carbonyl (C=O) groups is 1. The van der Waals surface area contributed by atoms with Crippen molar-refractivity contribution in [3.63, 3.8) is 0 Å². The van der Waals surface area contributed by atoms with Crippen molar-refractivity contribution in [1.82, 2.24) is 9.97 Å². The second-order valence-electron chi connectivity index (χ2n) is 5.97. The lowest BCUT2D eigenvalue weighted by Crippen LogP contribution is -2.12. The lowest BCUT2D eigenvalue weighted by molar-refractivity contribution is -0.143. The van der Waals surface area contributed by atoms with Gasteiger partial charge < -0.3 is 24.3 Å². The number of esters is 1. The van der Waals surface area contributed by atoms with Crippen molar-refractivity contribution in [3.05, 3.63) is 60.1 Å². The Kier molecular flexibility index (Phi) is 6.32. The van der Waals surface area contributed by atoms with E-state index in [1.165, 1.54) is 0 Å². The van der Waals surface area contributed by atoms with Crippen molar-refractivity contribution in [2.75, 3.05) is 20.3 Å². The molecule has 1 heterocycles. The Morgan fingerprint density at radius 2 is 1.90 bits per heavy atom. The molecule has 29 heavy (non-hydrogen) atoms. The summed E-state index contributed by atoms with van der Waals surface area (Å²) in [6.45, 7) is -0.314. The highest BCUT2D eigenvalue weighted by molar-refractivity contribution is 5.83. The third kappa shape index (κ3) is 5.05. The van der Waals surface area contributed by atoms with Crippen molar-refractivity contribution >= 4 is 22.6 Å². The van der Waals surface area contributed by atoms with Gasteiger partial charge in [-0.1, -0.05) is 12.1 Å². The van der Waals surface area contributed by atoms with E-state index in [9.17, 15) is 15.2 Å². The third-order valence-corrected chi connectivity index (χ3v) is 4.03. The predicted octanol–water partition coefficient (Wildman–Crippen LogP) is 3.38. The number of methoxy groups -OCH3 is 1. The monoisotopic (exact) mass is 393 g/mol. The van der Waals surface area contributed by atoms with Gasteiger partial charge >= 0.3 is 5.97 Å². The van der Waals surface area contributed by atoms with Gasteiger partial charge in [-0.05, 0) is 36.4 Å². The molecular formula is C21H19N3O5. The van der Waals surface area contributed by atoms with Gasteiger partial charge in [-0.3, -0.25) is 4.79 Å². The van der Waals surface area contributed by atoms with Gasteiger partial charge in [0.05, 0.1) is 31.2 Å². The predicted molar refractivity (Wildman–Crippen MR) is 105 cm³/mol. The molecule has 0 bridgehead atoms. The fourth-order valence-electron chi connectivity index (χ4n) is 2.54. The van der Waals surface area contributed by atoms with Crippen LogP contribution in [-0.4, -0.2) is 41.4 Å². The standard InChI is InChI=1S/C21H19N3O5/c1-27-14-6-8-15(9-7-14)28-11-10-20(26)29-13-19(25)16(12-22)21-23-17-4-2-3-5-18(17)24-21/h2-9,25H,10-11,13H2,1H3,(H,23,24)/b19-16-. The molecule has 0 saturated heterocycles. The number of aliphatic hydroxyl groups is 1. The van der Waals surface area contributed by atoms with E-state index in [0.29, 0.717) is 17.0 Å². The van der Waals surface area contributed by atoms with E-state index in [4.69, 9.17) is 14.2 Å². The second kappa shape index (κ2) is 9.28. The quantitative estimate of drug-likeness (QED) is 0.342. The summed E-state index contributed by atoms with van der Waals surface area (Å²) in [6, 6.07) is 16.1. The minimum absolute atomic E-state index is 0.00810. The number of carbonyl (C=O) groups excluding carboxylic acids is 1. The molecule has 0 amide bonds. The smallest absolute Gasteiger partial charge is 0.309 e. The maximum absolute atomic E-state index is 11.9. The van der Waals surface area contributed by atoms with Gasteiger partial charge in [0.2, 0.25) is 0 Å². The summed E-state index contributed by atoms with van der Waals surface area (Å²) in [5.74, 6) is 0.572. The van der Waals surface area contributed by atoms with Crippen LogP contribution < -0.4 is 9.47 Å². The number of aromatic nitrogens is 2. The Hall–Kier alpha value is -3.99. The molecule has 0 fully saturated rings. The zero-order valence-corrected chi connectivity index (χ0v) is 15.7. The van der Waals surface area contributed by atoms with Crippen molar-refractivity contribution in [2.24, 2.45) is 0 Å². The van der Waals surface area contributed by atoms with Crippen molar-refractivity contribution in [3.8, 4) is 17.6 Å². The molecule has 148 valence electrons. The van der Waals surface area contributed by atoms with E-state index in [1.54, 1.807) is 43.5 Å². The average Bonchev–Trinajstić information content (AvgIpc) is 3.17. The number of para-hydroxylation sites is 2. The number of hydrogen-bond donors (Lipinski definition) is 2. The molecule has 0 saturated carbocycles. The number of ether oxygens (including phenoxy) is 3. The number of hydrogen-bond acceptors (Lipinski definition) is 7. The van der Waals surface area contributed by atoms with Crippen LogP contribution in [-0.2, 0) is 9.53 Å². The number of imidazole rings is 1. The Bertz CT molecular complexity index is 1030. The van der Waals surface area contributed by atoms with Gasteiger partial charge in [0, 0.05) is 0 Å². The van der Waals surface area contributed by atoms with Crippen molar-refractivity contribution in [2.45, 2.75) is 6.42 Å². The largest absolute Gasteiger partial charge is 0.507 e. The molecule has 0 aliphatic rings. The topological polar surface area (TPSA) is 117 Å². The molecule has 2 aromatic carbocycles. The number of nitrogens with one attached hydrogen (secondary N) is 1. The molecule has 0 aliphatic heterocycles. The molecule has 3 rings (SSSR count). The maximum atomic E-state index is 11.9. The molecule has 0 spiro atoms. The average molecular weight is 393 g/mol. The number of allylic oxidation sites excluding steroid dienone is 1. The second-order valence-corrected chi connectivity index (χ2v) is 5.97. The molecule has 3 aromatic rings. The first kappa shape index (κ1) is 19.8. The van der Waals surface area contributed by atoms with Crippen LogP contribution in [0.25, 0.3) is 16.6 Å². The summed E-state index contributed by atoms with van der Waals surface area (Å²) in [4.78, 5) is 19.1. The highest BCUT2D eigenvalue weighted by Crippen LogP contribution is 2.19. The summed E-state index contributed by atoms with van der Waals surface area (Å²) >= 11 is 0. The molecule has 1 aromatic heterocycles. The first-order chi connectivity index (χ1) is 14.1. The molecule has 0 unspecified atom stereocenters. The minimum Gasteiger partial charge on any atom is -0.507 e. The van der Waals surface area contributed by atoms with Crippen LogP contribution in [0.3, 0.4) is 0 Å². The number of H-pyrrole nitrogens is 1. The Labute approximate surface area is 167 Å². The van der Waals surface area contributed by atoms with E-state index in [1.807, 2.05) is 18.2 Å². The van der Waals surface area contributed by atoms with E-state index in [2.05, 4.69) is 9.97 Å². The van der Waals surface area contributed by atoms with Gasteiger partial charge in [0.25, 0.3) is 0 Å². The molecule has 8 heteroatoms. The lowest BCUT2D eigenvalue weighted by Gasteiger charge is -2.08. The minimum atomic E-state index is -0.563. The number of fused-ring (bicyclic) bond motifs is 1. The SMILES string of the molecule is COc1ccc(OCCC(=O)OC/C(O)=C(\C#N)c2nc3ccccc3[nH]2)cc1. The summed E-state index contributed by atoms with van der Waals surface area (Å²) < 4.78 is 15.5. The Morgan fingerprint density at radius 3 is 2.59 bits per heavy atom. The Balaban J connectivity index is 1.53. The normalized spacial score (nSPS) is 11.4. The van der Waals surface area contributed by atoms with E-state index < -0.39 is 12.6 Å². The van der Waals surface area contributed by atoms with Gasteiger partial charge in [-0.15, -0.1) is 0 Å². The zero-order valence-electron chi connectivity index (χ0n) is 15.7. The molecular weight excluding hydrogens is 374 g/mol. The number of benzene rings is 2. The van der Waals surface area contributed by atoms with Gasteiger partial charge in [-0.2, -0.15) is 5.26 Å². The van der Waals surface area contributed by atoms with Crippen molar-refractivity contribution in [1.29, 1.82) is 5.26 Å². The summed E-state index contributed by atoms with van der Waals surface area (Å²) in [5.41, 5.74) is 1.31. The van der Waals surface area contributed by atoms with E-state index in [-0.39, 0.29) is 30.2 Å². The number of nitrogens with zero attached hydrogens (tertiary/aromatic N) is 2. The van der Waals surface area contributed by atoms with Crippen molar-refractivity contribution < 1.29 is 24.1 Å². The molecule has 0 radical (unpaired) electrons. The zero-order chi connectivity index (χ0) is 20.6. The van der Waals surface area contributed by atoms with Gasteiger partial charge in [0.15, 0.2) is 11.6 Å². The lowest BCUT2D eigenvalue weighted by atomic mass is 10.2. The summed E-state index contributed by atoms with van der Waals surface area (Å²) in [5, 5.41) is 19.5. The number of nitriles is 1. The van der Waals surface area contributed by atoms with Crippen LogP contribution in [0.15, 0.2) is 54.3 Å². The van der Waals surface area contributed by atoms with Crippen LogP contribution in [0, 0.1) is 11.3 Å². The highest BCUT2D eigenvalue weighted by atomic mass is 16.5. The Morgan fingerprint density at radius 1 is 1.17 bits per heavy atom. The number of rotatable bonds is 8. The van der Waals surface area contributed by atoms with Crippen LogP contribution in [0.1, 0.15) is 12.2 Å². The fraction of sp³-hybridized carbons (Fsp3) is 0.190. The molecule has 8 nitrogen and oxygen atoms in total. The number of aliphatic hydroxyl groups excluding tert-OH is 1. The first-order valence-electron chi connectivity index (χ1n) is 8.80. The van der Waals surface area contributed by atoms with Gasteiger partial charge in [-0.25, -0.2) is 4.98 Å². The number of aromatic amines is 1. The molecule has 0 aliphatic carbocycles. The molecule has 0 atom stereocenters. The molecule has 2 N–H and O–H groups in total. The third-order valence-electron chi connectivity index (χ3n) is 4.03. The van der Waals surface area contributed by atoms with Crippen LogP contribution in [0.2, 0.25) is 0 Å². The van der Waals surface area contributed by atoms with Crippen LogP contribution in [0.5, 0.6) is 11.5 Å². The first-order valence-corrected chi connectivity index (χ1v) is 8.80. The summed E-state index contributed by atoms with van der Waals surface area (Å²) in [6.07, 6.45) is -0.00810. The van der Waals surface area contributed by atoms with Crippen LogP contribution >= 0.6 is 0 Å². The highest BCUT2D eigenvalue weighted by Gasteiger charge is 2.15. The maximum Gasteiger partial charge on any atom is 0.309 e. The van der Waals surface area contributed by atoms with E-state index >= 15 is 0 Å². The van der Waals surface area contributed by atoms with Crippen LogP contribution in [0.4, 0.5) is 0 Å².